The molecule has 4 rings (SSSR count). The zero-order valence-corrected chi connectivity index (χ0v) is 15.2. The van der Waals surface area contributed by atoms with Crippen molar-refractivity contribution in [2.75, 3.05) is 26.2 Å². The van der Waals surface area contributed by atoms with Gasteiger partial charge in [-0.3, -0.25) is 23.3 Å². The standard InChI is InChI=1S/C17H20N6O4/c1-19-14-13(16(25)20(2)17(19)26)23(10-18-14)11-21-5-7-22(8-6-21)15(24)12-4-3-9-27-12/h3-4,9-10H,5-8,11H2,1-2H3/p+1. The molecule has 27 heavy (non-hydrogen) atoms. The van der Waals surface area contributed by atoms with Gasteiger partial charge in [0, 0.05) is 14.1 Å². The van der Waals surface area contributed by atoms with Crippen LogP contribution >= 0.6 is 0 Å². The predicted octanol–water partition coefficient (Wildman–Crippen LogP) is -1.97. The number of aromatic nitrogens is 4. The number of rotatable bonds is 3. The predicted molar refractivity (Wildman–Crippen MR) is 95.5 cm³/mol. The lowest BCUT2D eigenvalue weighted by Crippen LogP contribution is -3.14. The summed E-state index contributed by atoms with van der Waals surface area (Å²) in [5, 5.41) is 0. The highest BCUT2D eigenvalue weighted by atomic mass is 16.3. The number of aryl methyl sites for hydroxylation is 1. The van der Waals surface area contributed by atoms with Crippen LogP contribution in [0.2, 0.25) is 0 Å². The Morgan fingerprint density at radius 1 is 1.22 bits per heavy atom. The Labute approximate surface area is 153 Å². The van der Waals surface area contributed by atoms with Gasteiger partial charge in [-0.2, -0.15) is 0 Å². The second-order valence-corrected chi connectivity index (χ2v) is 6.77. The van der Waals surface area contributed by atoms with E-state index in [1.165, 1.54) is 22.8 Å². The SMILES string of the molecule is Cn1c(=O)c2c(ncn2C[NH+]2CCN(C(=O)c3ccco3)CC2)n(C)c1=O. The topological polar surface area (TPSA) is 99.7 Å². The fraction of sp³-hybridized carbons (Fsp3) is 0.412. The summed E-state index contributed by atoms with van der Waals surface area (Å²) < 4.78 is 9.44. The Morgan fingerprint density at radius 3 is 2.63 bits per heavy atom. The van der Waals surface area contributed by atoms with Gasteiger partial charge < -0.3 is 14.2 Å². The van der Waals surface area contributed by atoms with Gasteiger partial charge in [-0.1, -0.05) is 0 Å². The minimum Gasteiger partial charge on any atom is -0.459 e. The largest absolute Gasteiger partial charge is 0.459 e. The van der Waals surface area contributed by atoms with Crippen LogP contribution in [0.4, 0.5) is 0 Å². The first kappa shape index (κ1) is 17.3. The van der Waals surface area contributed by atoms with E-state index in [2.05, 4.69) is 4.98 Å². The van der Waals surface area contributed by atoms with Crippen molar-refractivity contribution in [2.45, 2.75) is 6.67 Å². The second-order valence-electron chi connectivity index (χ2n) is 6.77. The van der Waals surface area contributed by atoms with Crippen molar-refractivity contribution in [1.82, 2.24) is 23.6 Å². The van der Waals surface area contributed by atoms with E-state index in [1.807, 2.05) is 0 Å². The van der Waals surface area contributed by atoms with Crippen molar-refractivity contribution in [3.63, 3.8) is 0 Å². The summed E-state index contributed by atoms with van der Waals surface area (Å²) in [6, 6.07) is 3.37. The number of hydrogen-bond donors (Lipinski definition) is 1. The van der Waals surface area contributed by atoms with Crippen LogP contribution in [-0.4, -0.2) is 55.7 Å². The molecule has 1 aliphatic heterocycles. The number of carbonyl (C=O) groups is 1. The summed E-state index contributed by atoms with van der Waals surface area (Å²) in [6.07, 6.45) is 3.09. The molecule has 0 bridgehead atoms. The Bertz CT molecular complexity index is 1100. The molecule has 0 aliphatic carbocycles. The molecule has 0 aromatic carbocycles. The van der Waals surface area contributed by atoms with Crippen LogP contribution in [0.25, 0.3) is 11.2 Å². The van der Waals surface area contributed by atoms with E-state index >= 15 is 0 Å². The highest BCUT2D eigenvalue weighted by molar-refractivity contribution is 5.91. The molecule has 0 saturated carbocycles. The van der Waals surface area contributed by atoms with Crippen molar-refractivity contribution in [3.05, 3.63) is 51.3 Å². The van der Waals surface area contributed by atoms with Crippen LogP contribution in [0.3, 0.4) is 0 Å². The van der Waals surface area contributed by atoms with E-state index in [0.717, 1.165) is 17.7 Å². The Morgan fingerprint density at radius 2 is 1.96 bits per heavy atom. The van der Waals surface area contributed by atoms with Gasteiger partial charge in [-0.25, -0.2) is 9.78 Å². The average molecular weight is 373 g/mol. The Balaban J connectivity index is 1.51. The van der Waals surface area contributed by atoms with Gasteiger partial charge >= 0.3 is 5.69 Å². The van der Waals surface area contributed by atoms with Crippen LogP contribution in [0.1, 0.15) is 10.6 Å². The molecule has 4 heterocycles. The van der Waals surface area contributed by atoms with E-state index in [0.29, 0.717) is 36.7 Å². The molecule has 10 heteroatoms. The molecule has 1 aliphatic rings. The third kappa shape index (κ3) is 2.87. The number of furan rings is 1. The number of nitrogens with one attached hydrogen (secondary N) is 1. The van der Waals surface area contributed by atoms with E-state index < -0.39 is 5.69 Å². The van der Waals surface area contributed by atoms with Gasteiger partial charge in [-0.05, 0) is 12.1 Å². The van der Waals surface area contributed by atoms with Gasteiger partial charge in [0.2, 0.25) is 0 Å². The van der Waals surface area contributed by atoms with Crippen molar-refractivity contribution in [2.24, 2.45) is 14.1 Å². The number of hydrogen-bond acceptors (Lipinski definition) is 5. The maximum Gasteiger partial charge on any atom is 0.332 e. The first-order valence-electron chi connectivity index (χ1n) is 8.74. The normalized spacial score (nSPS) is 15.6. The number of fused-ring (bicyclic) bond motifs is 1. The van der Waals surface area contributed by atoms with E-state index in [1.54, 1.807) is 35.0 Å². The zero-order valence-electron chi connectivity index (χ0n) is 15.2. The number of piperazine rings is 1. The summed E-state index contributed by atoms with van der Waals surface area (Å²) in [6.45, 7) is 3.26. The molecule has 0 spiro atoms. The molecule has 1 amide bonds. The number of amides is 1. The minimum absolute atomic E-state index is 0.101. The molecule has 1 N–H and O–H groups in total. The molecule has 3 aromatic heterocycles. The molecular formula is C17H21N6O4+. The maximum atomic E-state index is 12.5. The lowest BCUT2D eigenvalue weighted by Gasteiger charge is -2.31. The summed E-state index contributed by atoms with van der Waals surface area (Å²) in [5.74, 6) is 0.250. The Hall–Kier alpha value is -3.14. The van der Waals surface area contributed by atoms with Crippen LogP contribution in [-0.2, 0) is 20.8 Å². The minimum atomic E-state index is -0.393. The molecule has 142 valence electrons. The van der Waals surface area contributed by atoms with E-state index in [9.17, 15) is 14.4 Å². The smallest absolute Gasteiger partial charge is 0.332 e. The second kappa shape index (κ2) is 6.54. The highest BCUT2D eigenvalue weighted by Gasteiger charge is 2.26. The maximum absolute atomic E-state index is 12.5. The first-order valence-corrected chi connectivity index (χ1v) is 8.74. The van der Waals surface area contributed by atoms with Crippen molar-refractivity contribution in [3.8, 4) is 0 Å². The summed E-state index contributed by atoms with van der Waals surface area (Å²) in [4.78, 5) is 44.1. The van der Waals surface area contributed by atoms with Crippen molar-refractivity contribution >= 4 is 17.1 Å². The van der Waals surface area contributed by atoms with Crippen LogP contribution in [0.15, 0.2) is 38.7 Å². The average Bonchev–Trinajstić information content (AvgIpc) is 3.35. The van der Waals surface area contributed by atoms with E-state index in [-0.39, 0.29) is 11.5 Å². The van der Waals surface area contributed by atoms with Crippen LogP contribution < -0.4 is 16.1 Å². The highest BCUT2D eigenvalue weighted by Crippen LogP contribution is 2.06. The van der Waals surface area contributed by atoms with Gasteiger partial charge in [0.05, 0.1) is 32.4 Å². The molecule has 0 radical (unpaired) electrons. The quantitative estimate of drug-likeness (QED) is 0.574. The molecule has 1 saturated heterocycles. The van der Waals surface area contributed by atoms with Crippen LogP contribution in [0.5, 0.6) is 0 Å². The fourth-order valence-corrected chi connectivity index (χ4v) is 3.50. The summed E-state index contributed by atoms with van der Waals surface area (Å²) in [7, 11) is 3.07. The first-order chi connectivity index (χ1) is 13.0. The summed E-state index contributed by atoms with van der Waals surface area (Å²) >= 11 is 0. The molecule has 3 aromatic rings. The third-order valence-corrected chi connectivity index (χ3v) is 5.10. The summed E-state index contributed by atoms with van der Waals surface area (Å²) in [5.41, 5.74) is 0.0575. The fourth-order valence-electron chi connectivity index (χ4n) is 3.50. The molecule has 0 atom stereocenters. The van der Waals surface area contributed by atoms with Gasteiger partial charge in [0.25, 0.3) is 11.5 Å². The molecule has 1 fully saturated rings. The lowest BCUT2D eigenvalue weighted by molar-refractivity contribution is -0.926. The third-order valence-electron chi connectivity index (χ3n) is 5.10. The Kier molecular flexibility index (Phi) is 4.19. The van der Waals surface area contributed by atoms with Crippen LogP contribution in [0, 0.1) is 0 Å². The zero-order chi connectivity index (χ0) is 19.1. The number of quaternary nitrogens is 1. The van der Waals surface area contributed by atoms with Crippen molar-refractivity contribution in [1.29, 1.82) is 0 Å². The van der Waals surface area contributed by atoms with E-state index in [4.69, 9.17) is 4.42 Å². The van der Waals surface area contributed by atoms with Gasteiger partial charge in [0.15, 0.2) is 23.6 Å². The molecular weight excluding hydrogens is 352 g/mol. The number of nitrogens with zero attached hydrogens (tertiary/aromatic N) is 5. The number of carbonyl (C=O) groups excluding carboxylic acids is 1. The van der Waals surface area contributed by atoms with Gasteiger partial charge in [0.1, 0.15) is 6.33 Å². The number of imidazole rings is 1. The lowest BCUT2D eigenvalue weighted by atomic mass is 10.3. The molecule has 0 unspecified atom stereocenters. The van der Waals surface area contributed by atoms with Crippen molar-refractivity contribution < 1.29 is 14.1 Å². The monoisotopic (exact) mass is 373 g/mol. The molecule has 10 nitrogen and oxygen atoms in total. The van der Waals surface area contributed by atoms with Gasteiger partial charge in [-0.15, -0.1) is 0 Å².